The molecule has 0 bridgehead atoms. The monoisotopic (exact) mass is 397 g/mol. The molecule has 1 aromatic heterocycles. The van der Waals surface area contributed by atoms with Gasteiger partial charge in [-0.25, -0.2) is 0 Å². The van der Waals surface area contributed by atoms with Crippen molar-refractivity contribution in [2.45, 2.75) is 20.3 Å². The summed E-state index contributed by atoms with van der Waals surface area (Å²) in [5, 5.41) is 10.5. The molecule has 0 saturated heterocycles. The summed E-state index contributed by atoms with van der Waals surface area (Å²) in [7, 11) is 4.57. The quantitative estimate of drug-likeness (QED) is 0.651. The second-order valence-electron chi connectivity index (χ2n) is 6.47. The molecule has 0 spiro atoms. The lowest BCUT2D eigenvalue weighted by Crippen LogP contribution is -2.14. The van der Waals surface area contributed by atoms with Crippen LogP contribution in [0.15, 0.2) is 34.7 Å². The van der Waals surface area contributed by atoms with Gasteiger partial charge < -0.3 is 18.6 Å². The Bertz CT molecular complexity index is 1000. The highest BCUT2D eigenvalue weighted by Gasteiger charge is 2.18. The van der Waals surface area contributed by atoms with Crippen LogP contribution in [0.2, 0.25) is 0 Å². The van der Waals surface area contributed by atoms with E-state index in [-0.39, 0.29) is 24.2 Å². The van der Waals surface area contributed by atoms with Crippen LogP contribution in [-0.4, -0.2) is 37.4 Å². The van der Waals surface area contributed by atoms with Crippen LogP contribution in [0.5, 0.6) is 17.2 Å². The van der Waals surface area contributed by atoms with Crippen LogP contribution < -0.4 is 19.5 Å². The number of rotatable bonds is 7. The minimum absolute atomic E-state index is 0.0163. The molecular formula is C21H23N3O5. The molecular weight excluding hydrogens is 374 g/mol. The van der Waals surface area contributed by atoms with Gasteiger partial charge in [0.25, 0.3) is 0 Å². The zero-order chi connectivity index (χ0) is 21.0. The van der Waals surface area contributed by atoms with E-state index in [4.69, 9.17) is 18.6 Å². The normalized spacial score (nSPS) is 10.5. The number of hydrogen-bond acceptors (Lipinski definition) is 7. The Morgan fingerprint density at radius 3 is 2.24 bits per heavy atom. The summed E-state index contributed by atoms with van der Waals surface area (Å²) in [6, 6.07) is 9.31. The molecule has 0 aliphatic carbocycles. The molecule has 8 nitrogen and oxygen atoms in total. The summed E-state index contributed by atoms with van der Waals surface area (Å²) in [6.45, 7) is 4.04. The van der Waals surface area contributed by atoms with E-state index in [0.717, 1.165) is 11.1 Å². The summed E-state index contributed by atoms with van der Waals surface area (Å²) in [5.74, 6) is 1.35. The largest absolute Gasteiger partial charge is 0.493 e. The third-order valence-corrected chi connectivity index (χ3v) is 4.52. The molecule has 0 aliphatic rings. The summed E-state index contributed by atoms with van der Waals surface area (Å²) in [6.07, 6.45) is 0.211. The van der Waals surface area contributed by atoms with Crippen molar-refractivity contribution in [3.8, 4) is 28.7 Å². The molecule has 3 rings (SSSR count). The molecule has 0 atom stereocenters. The Morgan fingerprint density at radius 2 is 1.66 bits per heavy atom. The van der Waals surface area contributed by atoms with Crippen LogP contribution >= 0.6 is 0 Å². The van der Waals surface area contributed by atoms with Crippen molar-refractivity contribution < 1.29 is 23.4 Å². The van der Waals surface area contributed by atoms with E-state index >= 15 is 0 Å². The number of ether oxygens (including phenoxy) is 3. The second kappa shape index (κ2) is 8.64. The number of carbonyl (C=O) groups excluding carboxylic acids is 1. The molecule has 152 valence electrons. The van der Waals surface area contributed by atoms with E-state index in [0.29, 0.717) is 22.8 Å². The van der Waals surface area contributed by atoms with Gasteiger partial charge in [0.05, 0.1) is 27.8 Å². The fourth-order valence-electron chi connectivity index (χ4n) is 2.86. The van der Waals surface area contributed by atoms with Gasteiger partial charge in [0, 0.05) is 5.56 Å². The fraction of sp³-hybridized carbons (Fsp3) is 0.286. The number of anilines is 1. The van der Waals surface area contributed by atoms with Crippen molar-refractivity contribution in [3.05, 3.63) is 47.0 Å². The predicted molar refractivity (Wildman–Crippen MR) is 108 cm³/mol. The Kier molecular flexibility index (Phi) is 6.01. The van der Waals surface area contributed by atoms with Crippen LogP contribution in [0.3, 0.4) is 0 Å². The number of amides is 1. The Hall–Kier alpha value is -3.55. The molecule has 8 heteroatoms. The molecule has 1 amide bonds. The molecule has 0 fully saturated rings. The second-order valence-corrected chi connectivity index (χ2v) is 6.47. The van der Waals surface area contributed by atoms with Crippen LogP contribution in [-0.2, 0) is 11.2 Å². The van der Waals surface area contributed by atoms with Crippen molar-refractivity contribution in [2.75, 3.05) is 26.6 Å². The summed E-state index contributed by atoms with van der Waals surface area (Å²) in [4.78, 5) is 12.3. The first kappa shape index (κ1) is 20.2. The molecule has 1 N–H and O–H groups in total. The Balaban J connectivity index is 1.76. The van der Waals surface area contributed by atoms with Gasteiger partial charge in [-0.15, -0.1) is 5.10 Å². The fourth-order valence-corrected chi connectivity index (χ4v) is 2.86. The highest BCUT2D eigenvalue weighted by Crippen LogP contribution is 2.41. The van der Waals surface area contributed by atoms with Gasteiger partial charge in [-0.3, -0.25) is 10.1 Å². The molecule has 0 radical (unpaired) electrons. The number of aromatic nitrogens is 2. The number of carbonyl (C=O) groups is 1. The van der Waals surface area contributed by atoms with E-state index in [1.165, 1.54) is 26.9 Å². The lowest BCUT2D eigenvalue weighted by atomic mass is 10.0. The van der Waals surface area contributed by atoms with Crippen molar-refractivity contribution in [1.82, 2.24) is 10.2 Å². The summed E-state index contributed by atoms with van der Waals surface area (Å²) < 4.78 is 21.6. The Morgan fingerprint density at radius 1 is 0.966 bits per heavy atom. The van der Waals surface area contributed by atoms with Gasteiger partial charge in [0.15, 0.2) is 11.5 Å². The van der Waals surface area contributed by atoms with Crippen LogP contribution in [0.1, 0.15) is 16.7 Å². The standard InChI is InChI=1S/C21H23N3O5/c1-12-6-7-14(8-13(12)2)9-18(25)22-21-24-23-20(29-21)15-10-16(26-3)19(28-5)17(11-15)27-4/h6-8,10-11H,9H2,1-5H3,(H,22,24,25). The van der Waals surface area contributed by atoms with Crippen LogP contribution in [0.4, 0.5) is 6.01 Å². The van der Waals surface area contributed by atoms with Crippen molar-refractivity contribution in [3.63, 3.8) is 0 Å². The zero-order valence-corrected chi connectivity index (χ0v) is 17.0. The minimum Gasteiger partial charge on any atom is -0.493 e. The SMILES string of the molecule is COc1cc(-c2nnc(NC(=O)Cc3ccc(C)c(C)c3)o2)cc(OC)c1OC. The van der Waals surface area contributed by atoms with Crippen molar-refractivity contribution >= 4 is 11.9 Å². The summed E-state index contributed by atoms with van der Waals surface area (Å²) in [5.41, 5.74) is 3.80. The molecule has 2 aromatic carbocycles. The third kappa shape index (κ3) is 4.48. The van der Waals surface area contributed by atoms with Crippen LogP contribution in [0.25, 0.3) is 11.5 Å². The van der Waals surface area contributed by atoms with Gasteiger partial charge in [0.1, 0.15) is 0 Å². The highest BCUT2D eigenvalue weighted by molar-refractivity contribution is 5.90. The number of benzene rings is 2. The number of methoxy groups -OCH3 is 3. The first-order valence-corrected chi connectivity index (χ1v) is 8.95. The predicted octanol–water partition coefficient (Wildman–Crippen LogP) is 3.56. The molecule has 3 aromatic rings. The minimum atomic E-state index is -0.242. The van der Waals surface area contributed by atoms with Crippen LogP contribution in [0, 0.1) is 13.8 Å². The molecule has 0 saturated carbocycles. The van der Waals surface area contributed by atoms with Gasteiger partial charge in [-0.2, -0.15) is 0 Å². The van der Waals surface area contributed by atoms with Crippen molar-refractivity contribution in [1.29, 1.82) is 0 Å². The van der Waals surface area contributed by atoms with Gasteiger partial charge in [-0.05, 0) is 42.7 Å². The number of aryl methyl sites for hydroxylation is 2. The number of nitrogens with zero attached hydrogens (tertiary/aromatic N) is 2. The molecule has 29 heavy (non-hydrogen) atoms. The smallest absolute Gasteiger partial charge is 0.322 e. The first-order chi connectivity index (χ1) is 13.9. The van der Waals surface area contributed by atoms with Gasteiger partial charge in [-0.1, -0.05) is 23.3 Å². The number of nitrogens with one attached hydrogen (secondary N) is 1. The average Bonchev–Trinajstić information content (AvgIpc) is 3.17. The maximum absolute atomic E-state index is 12.3. The maximum atomic E-state index is 12.3. The maximum Gasteiger partial charge on any atom is 0.322 e. The third-order valence-electron chi connectivity index (χ3n) is 4.52. The van der Waals surface area contributed by atoms with Gasteiger partial charge in [0.2, 0.25) is 17.5 Å². The Labute approximate surface area is 168 Å². The van der Waals surface area contributed by atoms with E-state index < -0.39 is 0 Å². The summed E-state index contributed by atoms with van der Waals surface area (Å²) >= 11 is 0. The highest BCUT2D eigenvalue weighted by atomic mass is 16.5. The lowest BCUT2D eigenvalue weighted by molar-refractivity contribution is -0.115. The molecule has 0 aliphatic heterocycles. The topological polar surface area (TPSA) is 95.7 Å². The van der Waals surface area contributed by atoms with E-state index in [1.807, 2.05) is 32.0 Å². The molecule has 0 unspecified atom stereocenters. The first-order valence-electron chi connectivity index (χ1n) is 8.95. The van der Waals surface area contributed by atoms with E-state index in [9.17, 15) is 4.79 Å². The number of hydrogen-bond donors (Lipinski definition) is 1. The lowest BCUT2D eigenvalue weighted by Gasteiger charge is -2.12. The van der Waals surface area contributed by atoms with E-state index in [1.54, 1.807) is 12.1 Å². The zero-order valence-electron chi connectivity index (χ0n) is 17.0. The van der Waals surface area contributed by atoms with E-state index in [2.05, 4.69) is 15.5 Å². The van der Waals surface area contributed by atoms with Gasteiger partial charge >= 0.3 is 6.01 Å². The van der Waals surface area contributed by atoms with Crippen molar-refractivity contribution in [2.24, 2.45) is 0 Å². The average molecular weight is 397 g/mol. The molecule has 1 heterocycles.